The van der Waals surface area contributed by atoms with Crippen LogP contribution in [0.3, 0.4) is 0 Å². The van der Waals surface area contributed by atoms with Gasteiger partial charge >= 0.3 is 0 Å². The molecule has 0 saturated carbocycles. The number of hydrogen-bond donors (Lipinski definition) is 1. The van der Waals surface area contributed by atoms with E-state index in [9.17, 15) is 4.79 Å². The highest BCUT2D eigenvalue weighted by molar-refractivity contribution is 5.81. The zero-order chi connectivity index (χ0) is 16.7. The zero-order valence-corrected chi connectivity index (χ0v) is 14.4. The lowest BCUT2D eigenvalue weighted by atomic mass is 10.1. The van der Waals surface area contributed by atoms with Gasteiger partial charge in [-0.15, -0.1) is 0 Å². The van der Waals surface area contributed by atoms with Crippen LogP contribution >= 0.6 is 0 Å². The Balaban J connectivity index is 1.82. The van der Waals surface area contributed by atoms with Crippen molar-refractivity contribution in [1.82, 2.24) is 10.2 Å². The molecule has 23 heavy (non-hydrogen) atoms. The predicted molar refractivity (Wildman–Crippen MR) is 90.1 cm³/mol. The van der Waals surface area contributed by atoms with Gasteiger partial charge in [-0.05, 0) is 31.9 Å². The van der Waals surface area contributed by atoms with Gasteiger partial charge in [0.25, 0.3) is 0 Å². The minimum atomic E-state index is -0.119. The van der Waals surface area contributed by atoms with Crippen molar-refractivity contribution in [2.24, 2.45) is 0 Å². The van der Waals surface area contributed by atoms with Crippen LogP contribution in [0.4, 0.5) is 0 Å². The zero-order valence-electron chi connectivity index (χ0n) is 14.4. The highest BCUT2D eigenvalue weighted by Crippen LogP contribution is 2.09. The topological polar surface area (TPSA) is 50.8 Å². The Morgan fingerprint density at radius 1 is 1.26 bits per heavy atom. The van der Waals surface area contributed by atoms with Gasteiger partial charge in [-0.3, -0.25) is 9.69 Å². The lowest BCUT2D eigenvalue weighted by Crippen LogP contribution is -2.49. The van der Waals surface area contributed by atoms with Crippen LogP contribution in [-0.4, -0.2) is 49.3 Å². The molecule has 1 aromatic rings. The molecule has 5 nitrogen and oxygen atoms in total. The summed E-state index contributed by atoms with van der Waals surface area (Å²) >= 11 is 0. The van der Waals surface area contributed by atoms with Crippen molar-refractivity contribution in [3.05, 3.63) is 35.4 Å². The molecule has 0 bridgehead atoms. The van der Waals surface area contributed by atoms with Crippen LogP contribution in [0.1, 0.15) is 31.9 Å². The third-order valence-corrected chi connectivity index (χ3v) is 4.01. The quantitative estimate of drug-likeness (QED) is 0.834. The van der Waals surface area contributed by atoms with E-state index in [0.717, 1.165) is 24.2 Å². The lowest BCUT2D eigenvalue weighted by Gasteiger charge is -2.31. The van der Waals surface area contributed by atoms with E-state index in [1.165, 1.54) is 0 Å². The van der Waals surface area contributed by atoms with E-state index in [2.05, 4.69) is 16.3 Å². The molecular formula is C18H28N2O3. The first kappa shape index (κ1) is 17.9. The summed E-state index contributed by atoms with van der Waals surface area (Å²) in [6.45, 7) is 10.2. The molecule has 128 valence electrons. The fourth-order valence-corrected chi connectivity index (χ4v) is 2.56. The van der Waals surface area contributed by atoms with Gasteiger partial charge in [-0.1, -0.05) is 24.3 Å². The molecule has 1 unspecified atom stereocenters. The van der Waals surface area contributed by atoms with Crippen molar-refractivity contribution in [1.29, 1.82) is 0 Å². The van der Waals surface area contributed by atoms with Gasteiger partial charge in [0.05, 0.1) is 32.0 Å². The number of carbonyl (C=O) groups is 1. The SMILES string of the molecule is CC(C)OCc1cccc(CNC(=O)C(C)N2CCOCC2)c1. The number of carbonyl (C=O) groups excluding carboxylic acids is 1. The van der Waals surface area contributed by atoms with E-state index in [1.807, 2.05) is 39.0 Å². The summed E-state index contributed by atoms with van der Waals surface area (Å²) in [5, 5.41) is 3.03. The van der Waals surface area contributed by atoms with Crippen LogP contribution in [0.2, 0.25) is 0 Å². The lowest BCUT2D eigenvalue weighted by molar-refractivity contribution is -0.127. The minimum absolute atomic E-state index is 0.0655. The molecule has 1 aliphatic rings. The molecule has 0 spiro atoms. The van der Waals surface area contributed by atoms with Gasteiger partial charge < -0.3 is 14.8 Å². The van der Waals surface area contributed by atoms with Crippen molar-refractivity contribution >= 4 is 5.91 Å². The van der Waals surface area contributed by atoms with Crippen LogP contribution in [0.5, 0.6) is 0 Å². The van der Waals surface area contributed by atoms with Crippen LogP contribution < -0.4 is 5.32 Å². The van der Waals surface area contributed by atoms with Crippen molar-refractivity contribution in [2.45, 2.75) is 46.1 Å². The second-order valence-corrected chi connectivity index (χ2v) is 6.22. The smallest absolute Gasteiger partial charge is 0.237 e. The highest BCUT2D eigenvalue weighted by Gasteiger charge is 2.22. The molecule has 1 amide bonds. The maximum absolute atomic E-state index is 12.3. The summed E-state index contributed by atoms with van der Waals surface area (Å²) in [4.78, 5) is 14.5. The summed E-state index contributed by atoms with van der Waals surface area (Å²) in [7, 11) is 0. The van der Waals surface area contributed by atoms with Crippen LogP contribution in [0, 0.1) is 0 Å². The number of morpholine rings is 1. The normalized spacial score (nSPS) is 17.2. The van der Waals surface area contributed by atoms with Crippen molar-refractivity contribution in [3.8, 4) is 0 Å². The summed E-state index contributed by atoms with van der Waals surface area (Å²) < 4.78 is 10.9. The largest absolute Gasteiger partial charge is 0.379 e. The number of benzene rings is 1. The molecule has 1 atom stereocenters. The van der Waals surface area contributed by atoms with E-state index in [4.69, 9.17) is 9.47 Å². The Morgan fingerprint density at radius 2 is 1.96 bits per heavy atom. The maximum Gasteiger partial charge on any atom is 0.237 e. The van der Waals surface area contributed by atoms with Gasteiger partial charge in [0.15, 0.2) is 0 Å². The molecule has 1 heterocycles. The Bertz CT molecular complexity index is 499. The monoisotopic (exact) mass is 320 g/mol. The Kier molecular flexibility index (Phi) is 7.02. The van der Waals surface area contributed by atoms with Gasteiger partial charge in [0.1, 0.15) is 0 Å². The molecule has 1 aliphatic heterocycles. The van der Waals surface area contributed by atoms with E-state index in [0.29, 0.717) is 26.4 Å². The molecule has 0 aliphatic carbocycles. The third kappa shape index (κ3) is 5.94. The average Bonchev–Trinajstić information content (AvgIpc) is 2.58. The molecule has 0 aromatic heterocycles. The predicted octanol–water partition coefficient (Wildman–Crippen LogP) is 1.95. The molecule has 1 saturated heterocycles. The third-order valence-electron chi connectivity index (χ3n) is 4.01. The van der Waals surface area contributed by atoms with Gasteiger partial charge in [-0.25, -0.2) is 0 Å². The minimum Gasteiger partial charge on any atom is -0.379 e. The first-order chi connectivity index (χ1) is 11.1. The summed E-state index contributed by atoms with van der Waals surface area (Å²) in [6.07, 6.45) is 0.215. The molecule has 1 fully saturated rings. The van der Waals surface area contributed by atoms with Crippen LogP contribution in [0.25, 0.3) is 0 Å². The summed E-state index contributed by atoms with van der Waals surface area (Å²) in [5.41, 5.74) is 2.23. The van der Waals surface area contributed by atoms with Gasteiger partial charge in [-0.2, -0.15) is 0 Å². The summed E-state index contributed by atoms with van der Waals surface area (Å²) in [5.74, 6) is 0.0655. The number of amides is 1. The van der Waals surface area contributed by atoms with E-state index >= 15 is 0 Å². The highest BCUT2D eigenvalue weighted by atomic mass is 16.5. The Morgan fingerprint density at radius 3 is 2.65 bits per heavy atom. The molecule has 1 N–H and O–H groups in total. The van der Waals surface area contributed by atoms with Crippen molar-refractivity contribution in [2.75, 3.05) is 26.3 Å². The second kappa shape index (κ2) is 9.01. The number of rotatable bonds is 7. The maximum atomic E-state index is 12.3. The van der Waals surface area contributed by atoms with Gasteiger partial charge in [0.2, 0.25) is 5.91 Å². The number of nitrogens with one attached hydrogen (secondary N) is 1. The molecule has 0 radical (unpaired) electrons. The van der Waals surface area contributed by atoms with Crippen molar-refractivity contribution in [3.63, 3.8) is 0 Å². The van der Waals surface area contributed by atoms with E-state index in [1.54, 1.807) is 0 Å². The first-order valence-corrected chi connectivity index (χ1v) is 8.35. The summed E-state index contributed by atoms with van der Waals surface area (Å²) in [6, 6.07) is 8.04. The number of ether oxygens (including phenoxy) is 2. The standard InChI is InChI=1S/C18H28N2O3/c1-14(2)23-13-17-6-4-5-16(11-17)12-19-18(21)15(3)20-7-9-22-10-8-20/h4-6,11,14-15H,7-10,12-13H2,1-3H3,(H,19,21). The first-order valence-electron chi connectivity index (χ1n) is 8.35. The van der Waals surface area contributed by atoms with Gasteiger partial charge in [0, 0.05) is 19.6 Å². The molecule has 2 rings (SSSR count). The van der Waals surface area contributed by atoms with E-state index in [-0.39, 0.29) is 18.1 Å². The Labute approximate surface area is 139 Å². The fraction of sp³-hybridized carbons (Fsp3) is 0.611. The molecular weight excluding hydrogens is 292 g/mol. The van der Waals surface area contributed by atoms with Crippen molar-refractivity contribution < 1.29 is 14.3 Å². The van der Waals surface area contributed by atoms with E-state index < -0.39 is 0 Å². The average molecular weight is 320 g/mol. The number of nitrogens with zero attached hydrogens (tertiary/aromatic N) is 1. The molecule has 5 heteroatoms. The van der Waals surface area contributed by atoms with Crippen LogP contribution in [-0.2, 0) is 27.4 Å². The second-order valence-electron chi connectivity index (χ2n) is 6.22. The fourth-order valence-electron chi connectivity index (χ4n) is 2.56. The molecule has 1 aromatic carbocycles. The van der Waals surface area contributed by atoms with Crippen LogP contribution in [0.15, 0.2) is 24.3 Å². The Hall–Kier alpha value is -1.43. The number of hydrogen-bond acceptors (Lipinski definition) is 4.